The van der Waals surface area contributed by atoms with Gasteiger partial charge in [0.15, 0.2) is 5.82 Å². The third kappa shape index (κ3) is 3.64. The first kappa shape index (κ1) is 13.7. The summed E-state index contributed by atoms with van der Waals surface area (Å²) in [4.78, 5) is 12.1. The summed E-state index contributed by atoms with van der Waals surface area (Å²) in [6.45, 7) is 1.66. The molecule has 0 aliphatic rings. The van der Waals surface area contributed by atoms with Gasteiger partial charge in [0, 0.05) is 17.3 Å². The Balaban J connectivity index is 2.23. The van der Waals surface area contributed by atoms with Gasteiger partial charge in [-0.3, -0.25) is 4.79 Å². The van der Waals surface area contributed by atoms with E-state index in [9.17, 15) is 4.79 Å². The highest BCUT2D eigenvalue weighted by atomic mass is 16.2. The molecule has 0 radical (unpaired) electrons. The second-order valence-corrected chi connectivity index (χ2v) is 4.11. The predicted octanol–water partition coefficient (Wildman–Crippen LogP) is 1.38. The molecule has 1 aromatic heterocycles. The van der Waals surface area contributed by atoms with E-state index in [0.717, 1.165) is 5.56 Å². The van der Waals surface area contributed by atoms with E-state index in [4.69, 9.17) is 5.11 Å². The molecule has 0 bridgehead atoms. The van der Waals surface area contributed by atoms with Gasteiger partial charge in [-0.15, -0.1) is 5.10 Å². The SMILES string of the molecule is Cc1cc(C#CCO)cc(C(=O)Nc2cccnn2)c1. The first-order chi connectivity index (χ1) is 9.69. The lowest BCUT2D eigenvalue weighted by molar-refractivity contribution is 0.102. The van der Waals surface area contributed by atoms with Crippen LogP contribution in [0.25, 0.3) is 0 Å². The van der Waals surface area contributed by atoms with Crippen molar-refractivity contribution in [2.75, 3.05) is 11.9 Å². The molecule has 1 aromatic carbocycles. The predicted molar refractivity (Wildman–Crippen MR) is 75.1 cm³/mol. The van der Waals surface area contributed by atoms with Crippen LogP contribution in [0.5, 0.6) is 0 Å². The van der Waals surface area contributed by atoms with Crippen molar-refractivity contribution in [3.63, 3.8) is 0 Å². The van der Waals surface area contributed by atoms with Crippen molar-refractivity contribution in [1.82, 2.24) is 10.2 Å². The van der Waals surface area contributed by atoms with Gasteiger partial charge in [0.25, 0.3) is 5.91 Å². The number of nitrogens with zero attached hydrogens (tertiary/aromatic N) is 2. The third-order valence-electron chi connectivity index (χ3n) is 2.47. The first-order valence-electron chi connectivity index (χ1n) is 5.99. The maximum Gasteiger partial charge on any atom is 0.256 e. The lowest BCUT2D eigenvalue weighted by Gasteiger charge is -2.05. The van der Waals surface area contributed by atoms with E-state index in [0.29, 0.717) is 16.9 Å². The molecule has 0 spiro atoms. The fourth-order valence-corrected chi connectivity index (χ4v) is 1.68. The number of rotatable bonds is 2. The zero-order valence-corrected chi connectivity index (χ0v) is 10.9. The highest BCUT2D eigenvalue weighted by Crippen LogP contribution is 2.11. The van der Waals surface area contributed by atoms with Crippen LogP contribution in [-0.2, 0) is 0 Å². The van der Waals surface area contributed by atoms with Crippen LogP contribution in [0.4, 0.5) is 5.82 Å². The number of aliphatic hydroxyl groups is 1. The topological polar surface area (TPSA) is 75.1 Å². The number of hydrogen-bond donors (Lipinski definition) is 2. The summed E-state index contributed by atoms with van der Waals surface area (Å²) in [7, 11) is 0. The van der Waals surface area contributed by atoms with E-state index in [1.54, 1.807) is 24.3 Å². The summed E-state index contributed by atoms with van der Waals surface area (Å²) in [6, 6.07) is 8.63. The number of nitrogens with one attached hydrogen (secondary N) is 1. The van der Waals surface area contributed by atoms with Crippen molar-refractivity contribution >= 4 is 11.7 Å². The summed E-state index contributed by atoms with van der Waals surface area (Å²) in [5.41, 5.74) is 2.08. The zero-order valence-electron chi connectivity index (χ0n) is 10.9. The van der Waals surface area contributed by atoms with Crippen LogP contribution < -0.4 is 5.32 Å². The van der Waals surface area contributed by atoms with E-state index in [2.05, 4.69) is 27.4 Å². The van der Waals surface area contributed by atoms with E-state index in [-0.39, 0.29) is 12.5 Å². The summed E-state index contributed by atoms with van der Waals surface area (Å²) < 4.78 is 0. The molecule has 0 atom stereocenters. The van der Waals surface area contributed by atoms with Crippen LogP contribution in [0, 0.1) is 18.8 Å². The molecule has 100 valence electrons. The summed E-state index contributed by atoms with van der Waals surface area (Å²) in [5, 5.41) is 18.8. The molecule has 20 heavy (non-hydrogen) atoms. The van der Waals surface area contributed by atoms with Crippen LogP contribution >= 0.6 is 0 Å². The average Bonchev–Trinajstić information content (AvgIpc) is 2.45. The fourth-order valence-electron chi connectivity index (χ4n) is 1.68. The van der Waals surface area contributed by atoms with Crippen molar-refractivity contribution in [1.29, 1.82) is 0 Å². The second kappa shape index (κ2) is 6.45. The molecular formula is C15H13N3O2. The lowest BCUT2D eigenvalue weighted by atomic mass is 10.1. The Morgan fingerprint density at radius 3 is 2.95 bits per heavy atom. The van der Waals surface area contributed by atoms with Crippen LogP contribution in [0.1, 0.15) is 21.5 Å². The first-order valence-corrected chi connectivity index (χ1v) is 5.99. The Kier molecular flexibility index (Phi) is 4.43. The highest BCUT2D eigenvalue weighted by Gasteiger charge is 2.08. The number of aliphatic hydroxyl groups excluding tert-OH is 1. The van der Waals surface area contributed by atoms with Gasteiger partial charge >= 0.3 is 0 Å². The fraction of sp³-hybridized carbons (Fsp3) is 0.133. The Labute approximate surface area is 116 Å². The highest BCUT2D eigenvalue weighted by molar-refractivity contribution is 6.04. The van der Waals surface area contributed by atoms with Crippen molar-refractivity contribution in [3.8, 4) is 11.8 Å². The summed E-state index contributed by atoms with van der Waals surface area (Å²) in [6.07, 6.45) is 1.53. The van der Waals surface area contributed by atoms with Gasteiger partial charge in [0.1, 0.15) is 6.61 Å². The van der Waals surface area contributed by atoms with Gasteiger partial charge in [-0.05, 0) is 42.8 Å². The minimum absolute atomic E-state index is 0.213. The minimum Gasteiger partial charge on any atom is -0.384 e. The number of anilines is 1. The Bertz CT molecular complexity index is 673. The summed E-state index contributed by atoms with van der Waals surface area (Å²) >= 11 is 0. The molecule has 0 aliphatic carbocycles. The number of aromatic nitrogens is 2. The van der Waals surface area contributed by atoms with E-state index >= 15 is 0 Å². The van der Waals surface area contributed by atoms with Crippen LogP contribution in [0.2, 0.25) is 0 Å². The average molecular weight is 267 g/mol. The Morgan fingerprint density at radius 1 is 1.40 bits per heavy atom. The maximum absolute atomic E-state index is 12.1. The van der Waals surface area contributed by atoms with Crippen LogP contribution in [-0.4, -0.2) is 27.8 Å². The quantitative estimate of drug-likeness (QED) is 0.806. The number of hydrogen-bond acceptors (Lipinski definition) is 4. The largest absolute Gasteiger partial charge is 0.384 e. The van der Waals surface area contributed by atoms with Crippen LogP contribution in [0.15, 0.2) is 36.5 Å². The second-order valence-electron chi connectivity index (χ2n) is 4.11. The molecule has 5 nitrogen and oxygen atoms in total. The molecule has 5 heteroatoms. The molecule has 1 heterocycles. The number of amides is 1. The summed E-state index contributed by atoms with van der Waals surface area (Å²) in [5.74, 6) is 5.46. The minimum atomic E-state index is -0.277. The molecular weight excluding hydrogens is 254 g/mol. The van der Waals surface area contributed by atoms with Gasteiger partial charge in [-0.2, -0.15) is 5.10 Å². The number of carbonyl (C=O) groups is 1. The molecule has 0 fully saturated rings. The molecule has 2 N–H and O–H groups in total. The number of benzene rings is 1. The Hall–Kier alpha value is -2.71. The third-order valence-corrected chi connectivity index (χ3v) is 2.47. The van der Waals surface area contributed by atoms with Crippen molar-refractivity contribution < 1.29 is 9.90 Å². The number of carbonyl (C=O) groups excluding carboxylic acids is 1. The van der Waals surface area contributed by atoms with Gasteiger partial charge < -0.3 is 10.4 Å². The monoisotopic (exact) mass is 267 g/mol. The van der Waals surface area contributed by atoms with Gasteiger partial charge in [-0.25, -0.2) is 0 Å². The van der Waals surface area contributed by atoms with Gasteiger partial charge in [0.2, 0.25) is 0 Å². The van der Waals surface area contributed by atoms with Gasteiger partial charge in [-0.1, -0.05) is 11.8 Å². The Morgan fingerprint density at radius 2 is 2.25 bits per heavy atom. The molecule has 2 aromatic rings. The standard InChI is InChI=1S/C15H13N3O2/c1-11-8-12(4-3-7-19)10-13(9-11)15(20)17-14-5-2-6-16-18-14/h2,5-6,8-10,19H,7H2,1H3,(H,17,18,20). The number of aryl methyl sites for hydroxylation is 1. The van der Waals surface area contributed by atoms with Gasteiger partial charge in [0.05, 0.1) is 0 Å². The van der Waals surface area contributed by atoms with E-state index in [1.165, 1.54) is 6.20 Å². The van der Waals surface area contributed by atoms with Crippen LogP contribution in [0.3, 0.4) is 0 Å². The molecule has 1 amide bonds. The van der Waals surface area contributed by atoms with Crippen molar-refractivity contribution in [2.45, 2.75) is 6.92 Å². The van der Waals surface area contributed by atoms with E-state index in [1.807, 2.05) is 13.0 Å². The maximum atomic E-state index is 12.1. The molecule has 0 saturated heterocycles. The van der Waals surface area contributed by atoms with Crippen molar-refractivity contribution in [3.05, 3.63) is 53.2 Å². The van der Waals surface area contributed by atoms with E-state index < -0.39 is 0 Å². The molecule has 0 aliphatic heterocycles. The molecule has 2 rings (SSSR count). The van der Waals surface area contributed by atoms with Crippen molar-refractivity contribution in [2.24, 2.45) is 0 Å². The lowest BCUT2D eigenvalue weighted by Crippen LogP contribution is -2.13. The molecule has 0 saturated carbocycles. The molecule has 0 unspecified atom stereocenters. The zero-order chi connectivity index (χ0) is 14.4. The smallest absolute Gasteiger partial charge is 0.256 e. The normalized spacial score (nSPS) is 9.50.